The fourth-order valence-corrected chi connectivity index (χ4v) is 2.01. The third-order valence-corrected chi connectivity index (χ3v) is 3.45. The van der Waals surface area contributed by atoms with Gasteiger partial charge in [-0.2, -0.15) is 0 Å². The molecule has 0 bridgehead atoms. The molecule has 1 aromatic carbocycles. The molecule has 2 nitrogen and oxygen atoms in total. The highest BCUT2D eigenvalue weighted by atomic mass is 32.2. The van der Waals surface area contributed by atoms with Gasteiger partial charge in [0.2, 0.25) is 0 Å². The molecule has 1 atom stereocenters. The second-order valence-corrected chi connectivity index (χ2v) is 4.71. The van der Waals surface area contributed by atoms with Gasteiger partial charge in [-0.15, -0.1) is 0 Å². The molecule has 0 fully saturated rings. The van der Waals surface area contributed by atoms with E-state index in [0.29, 0.717) is 10.8 Å². The van der Waals surface area contributed by atoms with Crippen LogP contribution in [0.3, 0.4) is 0 Å². The molecule has 0 radical (unpaired) electrons. The Bertz CT molecular complexity index is 315. The van der Waals surface area contributed by atoms with Gasteiger partial charge in [-0.25, -0.2) is 0 Å². The van der Waals surface area contributed by atoms with Crippen molar-refractivity contribution in [1.82, 2.24) is 0 Å². The summed E-state index contributed by atoms with van der Waals surface area (Å²) in [6.07, 6.45) is 3.39. The second-order valence-electron chi connectivity index (χ2n) is 3.77. The van der Waals surface area contributed by atoms with Crippen LogP contribution in [0, 0.1) is 5.92 Å². The molecule has 1 rings (SSSR count). The Morgan fingerprint density at radius 3 is 2.13 bits per heavy atom. The highest BCUT2D eigenvalue weighted by Gasteiger charge is 2.04. The van der Waals surface area contributed by atoms with E-state index in [1.54, 1.807) is 12.1 Å². The smallest absolute Gasteiger partial charge is 0.0248 e. The largest absolute Gasteiger partial charge is 0.768 e. The van der Waals surface area contributed by atoms with Gasteiger partial charge in [0.1, 0.15) is 0 Å². The molecule has 84 valence electrons. The maximum Gasteiger partial charge on any atom is 0.0248 e. The molecule has 0 aliphatic rings. The fourth-order valence-electron chi connectivity index (χ4n) is 1.65. The van der Waals surface area contributed by atoms with Crippen molar-refractivity contribution in [3.8, 4) is 0 Å². The van der Waals surface area contributed by atoms with Crippen molar-refractivity contribution >= 4 is 11.1 Å². The van der Waals surface area contributed by atoms with E-state index < -0.39 is 11.1 Å². The third kappa shape index (κ3) is 3.76. The van der Waals surface area contributed by atoms with Crippen molar-refractivity contribution in [2.45, 2.75) is 38.0 Å². The SMILES string of the molecule is CCC(CC)Cc1ccc(S(=O)[O-])cc1. The van der Waals surface area contributed by atoms with Gasteiger partial charge in [-0.05, 0) is 41.1 Å². The average Bonchev–Trinajstić information content (AvgIpc) is 2.26. The minimum absolute atomic E-state index is 0.364. The lowest BCUT2D eigenvalue weighted by Gasteiger charge is -2.12. The Morgan fingerprint density at radius 2 is 1.73 bits per heavy atom. The van der Waals surface area contributed by atoms with Crippen molar-refractivity contribution in [2.24, 2.45) is 5.92 Å². The molecule has 0 amide bonds. The summed E-state index contributed by atoms with van der Waals surface area (Å²) in [6.45, 7) is 4.38. The first-order chi connectivity index (χ1) is 7.17. The second kappa shape index (κ2) is 6.03. The Hall–Kier alpha value is -0.670. The van der Waals surface area contributed by atoms with Crippen LogP contribution in [-0.4, -0.2) is 8.76 Å². The molecule has 3 heteroatoms. The summed E-state index contributed by atoms with van der Waals surface area (Å²) < 4.78 is 21.3. The summed E-state index contributed by atoms with van der Waals surface area (Å²) >= 11 is -2.10. The molecule has 0 N–H and O–H groups in total. The summed E-state index contributed by atoms with van der Waals surface area (Å²) in [5.41, 5.74) is 1.22. The van der Waals surface area contributed by atoms with Crippen molar-refractivity contribution in [1.29, 1.82) is 0 Å². The lowest BCUT2D eigenvalue weighted by molar-refractivity contribution is 0.490. The van der Waals surface area contributed by atoms with Crippen LogP contribution < -0.4 is 0 Å². The number of hydrogen-bond acceptors (Lipinski definition) is 2. The van der Waals surface area contributed by atoms with Crippen LogP contribution in [-0.2, 0) is 17.5 Å². The van der Waals surface area contributed by atoms with E-state index in [4.69, 9.17) is 0 Å². The van der Waals surface area contributed by atoms with Crippen LogP contribution >= 0.6 is 0 Å². The molecule has 0 saturated heterocycles. The summed E-state index contributed by atoms with van der Waals surface area (Å²) in [5.74, 6) is 0.702. The van der Waals surface area contributed by atoms with Crippen LogP contribution in [0.25, 0.3) is 0 Å². The number of hydrogen-bond donors (Lipinski definition) is 0. The van der Waals surface area contributed by atoms with Crippen molar-refractivity contribution in [3.05, 3.63) is 29.8 Å². The number of benzene rings is 1. The quantitative estimate of drug-likeness (QED) is 0.723. The third-order valence-electron chi connectivity index (χ3n) is 2.79. The van der Waals surface area contributed by atoms with Gasteiger partial charge in [-0.3, -0.25) is 4.21 Å². The first-order valence-corrected chi connectivity index (χ1v) is 6.43. The van der Waals surface area contributed by atoms with E-state index in [2.05, 4.69) is 13.8 Å². The molecule has 15 heavy (non-hydrogen) atoms. The molecule has 0 heterocycles. The lowest BCUT2D eigenvalue weighted by Crippen LogP contribution is -2.01. The van der Waals surface area contributed by atoms with Gasteiger partial charge in [0.05, 0.1) is 0 Å². The van der Waals surface area contributed by atoms with E-state index >= 15 is 0 Å². The predicted molar refractivity (Wildman–Crippen MR) is 61.4 cm³/mol. The van der Waals surface area contributed by atoms with Crippen molar-refractivity contribution in [3.63, 3.8) is 0 Å². The molecule has 1 unspecified atom stereocenters. The predicted octanol–water partition coefficient (Wildman–Crippen LogP) is 2.90. The molecule has 0 aromatic heterocycles. The van der Waals surface area contributed by atoms with Gasteiger partial charge < -0.3 is 4.55 Å². The summed E-state index contributed by atoms with van der Waals surface area (Å²) in [5, 5.41) is 0. The van der Waals surface area contributed by atoms with Crippen molar-refractivity contribution < 1.29 is 8.76 Å². The minimum Gasteiger partial charge on any atom is -0.768 e. The van der Waals surface area contributed by atoms with E-state index in [1.807, 2.05) is 12.1 Å². The standard InChI is InChI=1S/C12H18O2S/c1-3-10(4-2)9-11-5-7-12(8-6-11)15(13)14/h5-8,10H,3-4,9H2,1-2H3,(H,13,14)/p-1. The molecule has 0 spiro atoms. The van der Waals surface area contributed by atoms with Gasteiger partial charge in [0, 0.05) is 4.90 Å². The van der Waals surface area contributed by atoms with E-state index in [1.165, 1.54) is 18.4 Å². The molecule has 1 aromatic rings. The Morgan fingerprint density at radius 1 is 1.20 bits per heavy atom. The first-order valence-electron chi connectivity index (χ1n) is 5.35. The van der Waals surface area contributed by atoms with E-state index in [-0.39, 0.29) is 0 Å². The number of rotatable bonds is 5. The monoisotopic (exact) mass is 225 g/mol. The highest BCUT2D eigenvalue weighted by Crippen LogP contribution is 2.16. The van der Waals surface area contributed by atoms with Gasteiger partial charge in [0.25, 0.3) is 0 Å². The summed E-state index contributed by atoms with van der Waals surface area (Å²) in [6, 6.07) is 7.15. The zero-order valence-electron chi connectivity index (χ0n) is 9.23. The van der Waals surface area contributed by atoms with Crippen LogP contribution in [0.4, 0.5) is 0 Å². The first kappa shape index (κ1) is 12.4. The van der Waals surface area contributed by atoms with Gasteiger partial charge in [-0.1, -0.05) is 38.8 Å². The molecule has 0 aliphatic heterocycles. The van der Waals surface area contributed by atoms with Gasteiger partial charge in [0.15, 0.2) is 0 Å². The zero-order valence-corrected chi connectivity index (χ0v) is 10.0. The Labute approximate surface area is 94.0 Å². The van der Waals surface area contributed by atoms with E-state index in [9.17, 15) is 8.76 Å². The van der Waals surface area contributed by atoms with E-state index in [0.717, 1.165) is 6.42 Å². The average molecular weight is 225 g/mol. The van der Waals surface area contributed by atoms with Crippen LogP contribution in [0.1, 0.15) is 32.3 Å². The maximum absolute atomic E-state index is 10.6. The molecular formula is C12H17O2S-. The summed E-state index contributed by atoms with van der Waals surface area (Å²) in [4.78, 5) is 0.364. The molecular weight excluding hydrogens is 208 g/mol. The Kier molecular flexibility index (Phi) is 4.99. The zero-order chi connectivity index (χ0) is 11.3. The normalized spacial score (nSPS) is 13.1. The fraction of sp³-hybridized carbons (Fsp3) is 0.500. The topological polar surface area (TPSA) is 40.1 Å². The van der Waals surface area contributed by atoms with Crippen LogP contribution in [0.2, 0.25) is 0 Å². The summed E-state index contributed by atoms with van der Waals surface area (Å²) in [7, 11) is 0. The maximum atomic E-state index is 10.6. The van der Waals surface area contributed by atoms with Crippen molar-refractivity contribution in [2.75, 3.05) is 0 Å². The van der Waals surface area contributed by atoms with Crippen LogP contribution in [0.5, 0.6) is 0 Å². The molecule has 0 saturated carbocycles. The minimum atomic E-state index is -2.10. The highest BCUT2D eigenvalue weighted by molar-refractivity contribution is 7.79. The van der Waals surface area contributed by atoms with Crippen LogP contribution in [0.15, 0.2) is 29.2 Å². The Balaban J connectivity index is 2.67. The van der Waals surface area contributed by atoms with Gasteiger partial charge >= 0.3 is 0 Å². The molecule has 0 aliphatic carbocycles. The lowest BCUT2D eigenvalue weighted by atomic mass is 9.95.